The number of aromatic nitrogens is 3. The van der Waals surface area contributed by atoms with Gasteiger partial charge in [-0.3, -0.25) is 9.71 Å². The lowest BCUT2D eigenvalue weighted by molar-refractivity contribution is 0.600. The van der Waals surface area contributed by atoms with Gasteiger partial charge in [0.15, 0.2) is 5.82 Å². The van der Waals surface area contributed by atoms with Gasteiger partial charge in [0.2, 0.25) is 5.13 Å². The van der Waals surface area contributed by atoms with Crippen LogP contribution in [0.4, 0.5) is 5.13 Å². The van der Waals surface area contributed by atoms with Crippen LogP contribution in [0.3, 0.4) is 0 Å². The molecule has 10 heteroatoms. The van der Waals surface area contributed by atoms with Crippen LogP contribution in [-0.4, -0.2) is 22.8 Å². The Morgan fingerprint density at radius 3 is 2.76 bits per heavy atom. The zero-order valence-electron chi connectivity index (χ0n) is 13.0. The van der Waals surface area contributed by atoms with Crippen LogP contribution in [0.2, 0.25) is 5.02 Å². The first-order chi connectivity index (χ1) is 12.0. The largest absolute Gasteiger partial charge is 0.265 e. The smallest absolute Gasteiger partial charge is 0.264 e. The molecule has 0 bridgehead atoms. The van der Waals surface area contributed by atoms with Gasteiger partial charge in [0.1, 0.15) is 0 Å². The number of rotatable bonds is 6. The number of hydrogen-bond acceptors (Lipinski definition) is 7. The molecule has 130 valence electrons. The minimum atomic E-state index is -3.76. The molecular weight excluding hydrogens is 400 g/mol. The third-order valence-corrected chi connectivity index (χ3v) is 6.91. The van der Waals surface area contributed by atoms with Crippen LogP contribution in [-0.2, 0) is 15.8 Å². The molecule has 0 amide bonds. The monoisotopic (exact) mass is 412 g/mol. The molecule has 25 heavy (non-hydrogen) atoms. The van der Waals surface area contributed by atoms with Crippen molar-refractivity contribution in [3.8, 4) is 0 Å². The van der Waals surface area contributed by atoms with Crippen LogP contribution >= 0.6 is 34.9 Å². The second-order valence-electron chi connectivity index (χ2n) is 4.96. The molecule has 0 aliphatic rings. The first kappa shape index (κ1) is 18.1. The molecule has 3 rings (SSSR count). The summed E-state index contributed by atoms with van der Waals surface area (Å²) in [6.07, 6.45) is 3.42. The number of thioether (sulfide) groups is 1. The molecule has 0 atom stereocenters. The summed E-state index contributed by atoms with van der Waals surface area (Å²) in [5.74, 6) is 1.10. The maximum absolute atomic E-state index is 12.5. The van der Waals surface area contributed by atoms with E-state index < -0.39 is 10.0 Å². The Kier molecular flexibility index (Phi) is 5.57. The van der Waals surface area contributed by atoms with Gasteiger partial charge in [-0.15, -0.1) is 11.8 Å². The van der Waals surface area contributed by atoms with Crippen molar-refractivity contribution in [3.05, 3.63) is 59.1 Å². The molecule has 2 aromatic heterocycles. The lowest BCUT2D eigenvalue weighted by Crippen LogP contribution is -2.14. The minimum absolute atomic E-state index is 0.128. The zero-order chi connectivity index (χ0) is 17.9. The Balaban J connectivity index is 1.71. The van der Waals surface area contributed by atoms with Gasteiger partial charge in [-0.1, -0.05) is 17.7 Å². The van der Waals surface area contributed by atoms with Crippen LogP contribution in [0.1, 0.15) is 11.4 Å². The highest BCUT2D eigenvalue weighted by Crippen LogP contribution is 2.26. The highest BCUT2D eigenvalue weighted by atomic mass is 35.5. The van der Waals surface area contributed by atoms with E-state index in [9.17, 15) is 8.42 Å². The SMILES string of the molecule is Cc1c(Cl)cccc1S(=O)(=O)Nc1nc(CSc2ccncc2)ns1. The Labute approximate surface area is 158 Å². The van der Waals surface area contributed by atoms with Gasteiger partial charge in [-0.2, -0.15) is 4.37 Å². The summed E-state index contributed by atoms with van der Waals surface area (Å²) in [4.78, 5) is 9.36. The summed E-state index contributed by atoms with van der Waals surface area (Å²) in [5.41, 5.74) is 0.495. The zero-order valence-corrected chi connectivity index (χ0v) is 16.2. The Hall–Kier alpha value is -1.68. The summed E-state index contributed by atoms with van der Waals surface area (Å²) >= 11 is 8.56. The molecular formula is C15H13ClN4O2S3. The van der Waals surface area contributed by atoms with Crippen LogP contribution < -0.4 is 4.72 Å². The molecule has 0 saturated carbocycles. The van der Waals surface area contributed by atoms with Crippen molar-refractivity contribution < 1.29 is 8.42 Å². The Morgan fingerprint density at radius 1 is 1.24 bits per heavy atom. The number of nitrogens with one attached hydrogen (secondary N) is 1. The Bertz CT molecular complexity index is 977. The van der Waals surface area contributed by atoms with Gasteiger partial charge in [-0.25, -0.2) is 13.4 Å². The number of pyridine rings is 1. The highest BCUT2D eigenvalue weighted by Gasteiger charge is 2.20. The summed E-state index contributed by atoms with van der Waals surface area (Å²) in [6, 6.07) is 8.53. The van der Waals surface area contributed by atoms with Gasteiger partial charge in [-0.05, 0) is 36.8 Å². The predicted octanol–water partition coefficient (Wildman–Crippen LogP) is 3.99. The maximum Gasteiger partial charge on any atom is 0.264 e. The fourth-order valence-corrected chi connectivity index (χ4v) is 5.11. The van der Waals surface area contributed by atoms with E-state index in [4.69, 9.17) is 11.6 Å². The highest BCUT2D eigenvalue weighted by molar-refractivity contribution is 7.98. The molecule has 0 radical (unpaired) electrons. The summed E-state index contributed by atoms with van der Waals surface area (Å²) in [5, 5.41) is 0.624. The van der Waals surface area contributed by atoms with Crippen LogP contribution in [0.5, 0.6) is 0 Å². The van der Waals surface area contributed by atoms with Crippen LogP contribution in [0, 0.1) is 6.92 Å². The number of halogens is 1. The molecule has 0 unspecified atom stereocenters. The van der Waals surface area contributed by atoms with Crippen molar-refractivity contribution in [2.24, 2.45) is 0 Å². The van der Waals surface area contributed by atoms with Crippen molar-refractivity contribution in [2.45, 2.75) is 22.5 Å². The molecule has 3 aromatic rings. The van der Waals surface area contributed by atoms with Gasteiger partial charge >= 0.3 is 0 Å². The molecule has 1 N–H and O–H groups in total. The minimum Gasteiger partial charge on any atom is -0.265 e. The topological polar surface area (TPSA) is 84.8 Å². The van der Waals surface area contributed by atoms with Gasteiger partial charge < -0.3 is 0 Å². The fourth-order valence-electron chi connectivity index (χ4n) is 1.99. The van der Waals surface area contributed by atoms with Crippen LogP contribution in [0.15, 0.2) is 52.5 Å². The second kappa shape index (κ2) is 7.69. The molecule has 2 heterocycles. The lowest BCUT2D eigenvalue weighted by Gasteiger charge is -2.08. The first-order valence-electron chi connectivity index (χ1n) is 7.09. The van der Waals surface area contributed by atoms with Crippen molar-refractivity contribution >= 4 is 50.1 Å². The van der Waals surface area contributed by atoms with E-state index >= 15 is 0 Å². The fraction of sp³-hybridized carbons (Fsp3) is 0.133. The first-order valence-corrected chi connectivity index (χ1v) is 10.7. The van der Waals surface area contributed by atoms with Gasteiger partial charge in [0, 0.05) is 33.8 Å². The standard InChI is InChI=1S/C15H13ClN4O2S3/c1-10-12(16)3-2-4-13(10)25(21,22)20-15-18-14(19-24-15)9-23-11-5-7-17-8-6-11/h2-8H,9H2,1H3,(H,18,19,20). The average molecular weight is 413 g/mol. The molecule has 0 fully saturated rings. The number of anilines is 1. The molecule has 0 aliphatic carbocycles. The van der Waals surface area contributed by atoms with E-state index in [2.05, 4.69) is 19.1 Å². The quantitative estimate of drug-likeness (QED) is 0.616. The average Bonchev–Trinajstić information content (AvgIpc) is 3.03. The van der Waals surface area contributed by atoms with Crippen molar-refractivity contribution in [2.75, 3.05) is 4.72 Å². The van der Waals surface area contributed by atoms with E-state index in [1.807, 2.05) is 12.1 Å². The molecule has 6 nitrogen and oxygen atoms in total. The third-order valence-electron chi connectivity index (χ3n) is 3.21. The van der Waals surface area contributed by atoms with Crippen molar-refractivity contribution in [1.82, 2.24) is 14.3 Å². The van der Waals surface area contributed by atoms with E-state index in [-0.39, 0.29) is 10.0 Å². The molecule has 0 aliphatic heterocycles. The summed E-state index contributed by atoms with van der Waals surface area (Å²) < 4.78 is 31.7. The molecule has 0 saturated heterocycles. The predicted molar refractivity (Wildman–Crippen MR) is 101 cm³/mol. The summed E-state index contributed by atoms with van der Waals surface area (Å²) in [7, 11) is -3.76. The van der Waals surface area contributed by atoms with E-state index in [0.717, 1.165) is 16.4 Å². The number of nitrogens with zero attached hydrogens (tertiary/aromatic N) is 3. The summed E-state index contributed by atoms with van der Waals surface area (Å²) in [6.45, 7) is 1.66. The lowest BCUT2D eigenvalue weighted by atomic mass is 10.2. The second-order valence-corrected chi connectivity index (χ2v) is 8.81. The number of hydrogen-bond donors (Lipinski definition) is 1. The normalized spacial score (nSPS) is 11.4. The van der Waals surface area contributed by atoms with Crippen molar-refractivity contribution in [3.63, 3.8) is 0 Å². The number of benzene rings is 1. The van der Waals surface area contributed by atoms with E-state index in [1.54, 1.807) is 43.2 Å². The maximum atomic E-state index is 12.5. The van der Waals surface area contributed by atoms with Gasteiger partial charge in [0.25, 0.3) is 10.0 Å². The van der Waals surface area contributed by atoms with Crippen LogP contribution in [0.25, 0.3) is 0 Å². The van der Waals surface area contributed by atoms with E-state index in [0.29, 0.717) is 22.2 Å². The third kappa shape index (κ3) is 4.49. The molecule has 1 aromatic carbocycles. The Morgan fingerprint density at radius 2 is 2.00 bits per heavy atom. The van der Waals surface area contributed by atoms with Gasteiger partial charge in [0.05, 0.1) is 10.6 Å². The van der Waals surface area contributed by atoms with E-state index in [1.165, 1.54) is 6.07 Å². The molecule has 0 spiro atoms. The number of sulfonamides is 1. The van der Waals surface area contributed by atoms with Crippen molar-refractivity contribution in [1.29, 1.82) is 0 Å².